The van der Waals surface area contributed by atoms with Crippen LogP contribution < -0.4 is 0 Å². The van der Waals surface area contributed by atoms with Crippen LogP contribution >= 0.6 is 0 Å². The molecule has 0 aromatic heterocycles. The zero-order chi connectivity index (χ0) is 11.2. The van der Waals surface area contributed by atoms with Crippen LogP contribution in [0.1, 0.15) is 11.1 Å². The van der Waals surface area contributed by atoms with E-state index in [2.05, 4.69) is 54.6 Å². The van der Waals surface area contributed by atoms with Crippen molar-refractivity contribution in [2.45, 2.75) is 6.42 Å². The van der Waals surface area contributed by atoms with E-state index < -0.39 is 0 Å². The summed E-state index contributed by atoms with van der Waals surface area (Å²) in [4.78, 5) is 0. The molecule has 3 aromatic rings. The molecule has 0 aliphatic heterocycles. The Labute approximate surface area is 101 Å². The first-order valence-corrected chi connectivity index (χ1v) is 5.94. The van der Waals surface area contributed by atoms with E-state index in [-0.39, 0.29) is 0 Å². The van der Waals surface area contributed by atoms with Crippen LogP contribution in [0.3, 0.4) is 0 Å². The minimum Gasteiger partial charge on any atom is -0.0616 e. The monoisotopic (exact) mass is 215 g/mol. The number of fused-ring (bicyclic) bond motifs is 5. The Morgan fingerprint density at radius 1 is 0.882 bits per heavy atom. The van der Waals surface area contributed by atoms with Gasteiger partial charge in [-0.1, -0.05) is 54.6 Å². The minimum absolute atomic E-state index is 1.04. The van der Waals surface area contributed by atoms with Gasteiger partial charge in [-0.3, -0.25) is 0 Å². The second-order valence-electron chi connectivity index (χ2n) is 4.56. The fraction of sp³-hybridized carbons (Fsp3) is 0.0588. The summed E-state index contributed by atoms with van der Waals surface area (Å²) in [6, 6.07) is 22.7. The van der Waals surface area contributed by atoms with Crippen molar-refractivity contribution in [3.8, 4) is 11.1 Å². The Kier molecular flexibility index (Phi) is 1.70. The lowest BCUT2D eigenvalue weighted by molar-refractivity contribution is 1.28. The van der Waals surface area contributed by atoms with Crippen molar-refractivity contribution < 1.29 is 0 Å². The summed E-state index contributed by atoms with van der Waals surface area (Å²) in [6.07, 6.45) is 1.04. The molecule has 0 bridgehead atoms. The summed E-state index contributed by atoms with van der Waals surface area (Å²) in [5, 5.41) is 2.72. The van der Waals surface area contributed by atoms with Crippen molar-refractivity contribution in [2.24, 2.45) is 0 Å². The molecule has 0 saturated heterocycles. The van der Waals surface area contributed by atoms with Gasteiger partial charge in [0.05, 0.1) is 0 Å². The Bertz CT molecular complexity index is 723. The molecule has 0 atom stereocenters. The number of hydrogen-bond donors (Lipinski definition) is 0. The van der Waals surface area contributed by atoms with Crippen LogP contribution in [0.25, 0.3) is 21.9 Å². The second kappa shape index (κ2) is 3.21. The first kappa shape index (κ1) is 9.00. The Hall–Kier alpha value is -2.08. The molecule has 0 spiro atoms. The van der Waals surface area contributed by atoms with Crippen molar-refractivity contribution in [2.75, 3.05) is 0 Å². The summed E-state index contributed by atoms with van der Waals surface area (Å²) in [6.45, 7) is 0. The van der Waals surface area contributed by atoms with Crippen LogP contribution in [0.5, 0.6) is 0 Å². The van der Waals surface area contributed by atoms with Gasteiger partial charge in [0.15, 0.2) is 0 Å². The summed E-state index contributed by atoms with van der Waals surface area (Å²) in [7, 11) is 0. The molecule has 1 radical (unpaired) electrons. The standard InChI is InChI=1S/C17H11/c1-3-7-14-12(5-1)9-10-16-15-8-4-2-6-13(15)11-17(14)16/h1-7,9-10H,11H2. The fourth-order valence-corrected chi connectivity index (χ4v) is 2.82. The van der Waals surface area contributed by atoms with Gasteiger partial charge in [-0.05, 0) is 45.5 Å². The molecule has 0 unspecified atom stereocenters. The summed E-state index contributed by atoms with van der Waals surface area (Å²) >= 11 is 0. The predicted octanol–water partition coefficient (Wildman–Crippen LogP) is 4.21. The van der Waals surface area contributed by atoms with E-state index in [9.17, 15) is 0 Å². The quantitative estimate of drug-likeness (QED) is 0.412. The van der Waals surface area contributed by atoms with Gasteiger partial charge in [0.1, 0.15) is 0 Å². The largest absolute Gasteiger partial charge is 0.0616 e. The van der Waals surface area contributed by atoms with Gasteiger partial charge in [-0.2, -0.15) is 0 Å². The molecule has 0 heterocycles. The molecule has 17 heavy (non-hydrogen) atoms. The molecule has 1 aliphatic carbocycles. The van der Waals surface area contributed by atoms with E-state index in [1.165, 1.54) is 33.0 Å². The van der Waals surface area contributed by atoms with Gasteiger partial charge in [0.25, 0.3) is 0 Å². The lowest BCUT2D eigenvalue weighted by Gasteiger charge is -2.04. The summed E-state index contributed by atoms with van der Waals surface area (Å²) < 4.78 is 0. The maximum atomic E-state index is 3.37. The van der Waals surface area contributed by atoms with Gasteiger partial charge < -0.3 is 0 Å². The van der Waals surface area contributed by atoms with Crippen LogP contribution in [0.2, 0.25) is 0 Å². The maximum Gasteiger partial charge on any atom is -0.000706 e. The van der Waals surface area contributed by atoms with Gasteiger partial charge in [0.2, 0.25) is 0 Å². The molecular weight excluding hydrogens is 204 g/mol. The predicted molar refractivity (Wildman–Crippen MR) is 71.0 cm³/mol. The van der Waals surface area contributed by atoms with Crippen LogP contribution in [0, 0.1) is 6.07 Å². The lowest BCUT2D eigenvalue weighted by atomic mass is 9.99. The van der Waals surface area contributed by atoms with E-state index in [0.29, 0.717) is 0 Å². The van der Waals surface area contributed by atoms with Gasteiger partial charge in [-0.15, -0.1) is 0 Å². The van der Waals surface area contributed by atoms with Crippen molar-refractivity contribution in [3.05, 3.63) is 71.8 Å². The van der Waals surface area contributed by atoms with Crippen LogP contribution in [0.15, 0.2) is 54.6 Å². The highest BCUT2D eigenvalue weighted by Gasteiger charge is 2.19. The molecule has 0 N–H and O–H groups in total. The molecule has 0 amide bonds. The third kappa shape index (κ3) is 1.18. The lowest BCUT2D eigenvalue weighted by Crippen LogP contribution is -1.83. The molecule has 0 saturated carbocycles. The van der Waals surface area contributed by atoms with Crippen LogP contribution in [0.4, 0.5) is 0 Å². The molecule has 4 rings (SSSR count). The highest BCUT2D eigenvalue weighted by Crippen LogP contribution is 2.39. The zero-order valence-corrected chi connectivity index (χ0v) is 9.40. The average molecular weight is 215 g/mol. The third-order valence-electron chi connectivity index (χ3n) is 3.62. The van der Waals surface area contributed by atoms with Gasteiger partial charge >= 0.3 is 0 Å². The molecule has 0 heteroatoms. The zero-order valence-electron chi connectivity index (χ0n) is 9.40. The molecule has 3 aromatic carbocycles. The van der Waals surface area contributed by atoms with Crippen molar-refractivity contribution in [1.82, 2.24) is 0 Å². The SMILES string of the molecule is [c]1cccc2c1-c1ccc3ccccc3c1C2. The summed E-state index contributed by atoms with van der Waals surface area (Å²) in [5.74, 6) is 0. The topological polar surface area (TPSA) is 0 Å². The van der Waals surface area contributed by atoms with Crippen LogP contribution in [-0.2, 0) is 6.42 Å². The normalized spacial score (nSPS) is 12.5. The van der Waals surface area contributed by atoms with Crippen molar-refractivity contribution in [3.63, 3.8) is 0 Å². The van der Waals surface area contributed by atoms with Crippen LogP contribution in [-0.4, -0.2) is 0 Å². The number of rotatable bonds is 0. The van der Waals surface area contributed by atoms with Crippen molar-refractivity contribution in [1.29, 1.82) is 0 Å². The highest BCUT2D eigenvalue weighted by molar-refractivity contribution is 5.94. The Morgan fingerprint density at radius 2 is 1.82 bits per heavy atom. The highest BCUT2D eigenvalue weighted by atomic mass is 14.2. The van der Waals surface area contributed by atoms with E-state index >= 15 is 0 Å². The minimum atomic E-state index is 1.04. The third-order valence-corrected chi connectivity index (χ3v) is 3.62. The molecular formula is C17H11. The molecule has 0 nitrogen and oxygen atoms in total. The van der Waals surface area contributed by atoms with Gasteiger partial charge in [-0.25, -0.2) is 0 Å². The first-order valence-electron chi connectivity index (χ1n) is 5.94. The van der Waals surface area contributed by atoms with E-state index in [0.717, 1.165) is 6.42 Å². The molecule has 0 fully saturated rings. The van der Waals surface area contributed by atoms with Gasteiger partial charge in [0, 0.05) is 0 Å². The Balaban J connectivity index is 2.11. The van der Waals surface area contributed by atoms with E-state index in [1.807, 2.05) is 6.07 Å². The smallest absolute Gasteiger partial charge is 0.000706 e. The molecule has 79 valence electrons. The number of benzene rings is 3. The maximum absolute atomic E-state index is 3.37. The van der Waals surface area contributed by atoms with E-state index in [1.54, 1.807) is 0 Å². The Morgan fingerprint density at radius 3 is 2.82 bits per heavy atom. The second-order valence-corrected chi connectivity index (χ2v) is 4.56. The summed E-state index contributed by atoms with van der Waals surface area (Å²) in [5.41, 5.74) is 5.51. The average Bonchev–Trinajstić information content (AvgIpc) is 2.78. The van der Waals surface area contributed by atoms with Crippen molar-refractivity contribution >= 4 is 10.8 Å². The fourth-order valence-electron chi connectivity index (χ4n) is 2.82. The molecule has 1 aliphatic rings. The number of hydrogen-bond acceptors (Lipinski definition) is 0. The van der Waals surface area contributed by atoms with E-state index in [4.69, 9.17) is 0 Å². The first-order chi connectivity index (χ1) is 8.43.